The maximum absolute atomic E-state index is 12.6. The molecular weight excluding hydrogens is 418 g/mol. The Morgan fingerprint density at radius 3 is 2.60 bits per heavy atom. The molecule has 8 heteroatoms. The highest BCUT2D eigenvalue weighted by Crippen LogP contribution is 2.29. The molecule has 1 N–H and O–H groups in total. The average Bonchev–Trinajstić information content (AvgIpc) is 3.21. The second-order valence-corrected chi connectivity index (χ2v) is 8.60. The van der Waals surface area contributed by atoms with Crippen LogP contribution in [-0.4, -0.2) is 39.5 Å². The number of rotatable bonds is 6. The largest absolute Gasteiger partial charge is 0.341 e. The third-order valence-corrected chi connectivity index (χ3v) is 6.48. The number of amides is 1. The van der Waals surface area contributed by atoms with E-state index in [0.717, 1.165) is 48.8 Å². The van der Waals surface area contributed by atoms with Crippen LogP contribution in [-0.2, 0) is 4.79 Å². The van der Waals surface area contributed by atoms with Crippen molar-refractivity contribution in [1.29, 1.82) is 0 Å². The molecule has 0 unspecified atom stereocenters. The molecule has 156 valence electrons. The monoisotopic (exact) mass is 441 g/mol. The molecule has 1 fully saturated rings. The smallest absolute Gasteiger partial charge is 0.234 e. The molecule has 0 spiro atoms. The number of benzene rings is 2. The van der Waals surface area contributed by atoms with E-state index >= 15 is 0 Å². The number of aromatic nitrogens is 3. The Bertz CT molecular complexity index is 1020. The number of thioether (sulfide) groups is 1. The van der Waals surface area contributed by atoms with Gasteiger partial charge in [-0.25, -0.2) is 0 Å². The van der Waals surface area contributed by atoms with E-state index < -0.39 is 0 Å². The molecule has 1 saturated heterocycles. The maximum Gasteiger partial charge on any atom is 0.234 e. The highest BCUT2D eigenvalue weighted by atomic mass is 35.5. The van der Waals surface area contributed by atoms with E-state index in [1.54, 1.807) is 0 Å². The molecule has 6 nitrogen and oxygen atoms in total. The second kappa shape index (κ2) is 9.53. The Labute approximate surface area is 185 Å². The highest BCUT2D eigenvalue weighted by Gasteiger charge is 2.22. The van der Waals surface area contributed by atoms with Gasteiger partial charge in [0.1, 0.15) is 0 Å². The molecule has 1 aliphatic rings. The lowest BCUT2D eigenvalue weighted by molar-refractivity contribution is -0.113. The summed E-state index contributed by atoms with van der Waals surface area (Å²) in [6, 6.07) is 15.6. The van der Waals surface area contributed by atoms with Crippen LogP contribution in [0.4, 0.5) is 11.6 Å². The summed E-state index contributed by atoms with van der Waals surface area (Å²) in [5.41, 5.74) is 2.58. The van der Waals surface area contributed by atoms with Crippen LogP contribution in [0.15, 0.2) is 53.7 Å². The Morgan fingerprint density at radius 1 is 1.07 bits per heavy atom. The maximum atomic E-state index is 12.6. The fourth-order valence-electron chi connectivity index (χ4n) is 3.52. The minimum absolute atomic E-state index is 0.104. The number of piperidine rings is 1. The summed E-state index contributed by atoms with van der Waals surface area (Å²) in [6.45, 7) is 3.84. The van der Waals surface area contributed by atoms with Gasteiger partial charge in [0.05, 0.1) is 11.4 Å². The van der Waals surface area contributed by atoms with E-state index in [0.29, 0.717) is 10.2 Å². The summed E-state index contributed by atoms with van der Waals surface area (Å²) < 4.78 is 2.05. The van der Waals surface area contributed by atoms with Crippen LogP contribution in [0.25, 0.3) is 5.69 Å². The van der Waals surface area contributed by atoms with Crippen LogP contribution >= 0.6 is 23.4 Å². The molecule has 0 aliphatic carbocycles. The molecule has 2 heterocycles. The Hall–Kier alpha value is -2.51. The number of para-hydroxylation sites is 1. The van der Waals surface area contributed by atoms with Crippen molar-refractivity contribution in [2.24, 2.45) is 0 Å². The van der Waals surface area contributed by atoms with Gasteiger partial charge in [0.15, 0.2) is 5.16 Å². The van der Waals surface area contributed by atoms with Crippen LogP contribution in [0.3, 0.4) is 0 Å². The molecule has 4 rings (SSSR count). The summed E-state index contributed by atoms with van der Waals surface area (Å²) >= 11 is 7.53. The molecule has 0 saturated carbocycles. The third-order valence-electron chi connectivity index (χ3n) is 5.14. The van der Waals surface area contributed by atoms with Gasteiger partial charge < -0.3 is 10.2 Å². The molecule has 1 amide bonds. The van der Waals surface area contributed by atoms with E-state index in [1.165, 1.54) is 18.2 Å². The third kappa shape index (κ3) is 4.63. The van der Waals surface area contributed by atoms with E-state index in [4.69, 9.17) is 11.6 Å². The number of anilines is 2. The number of nitrogens with one attached hydrogen (secondary N) is 1. The fourth-order valence-corrected chi connectivity index (χ4v) is 4.44. The molecule has 0 radical (unpaired) electrons. The van der Waals surface area contributed by atoms with Crippen molar-refractivity contribution in [3.05, 3.63) is 59.1 Å². The van der Waals surface area contributed by atoms with Crippen LogP contribution in [0, 0.1) is 6.92 Å². The van der Waals surface area contributed by atoms with Crippen molar-refractivity contribution in [3.63, 3.8) is 0 Å². The molecule has 0 atom stereocenters. The number of carbonyl (C=O) groups is 1. The first kappa shape index (κ1) is 20.8. The number of nitrogens with zero attached hydrogens (tertiary/aromatic N) is 4. The minimum atomic E-state index is -0.104. The SMILES string of the molecule is Cc1c(Cl)cccc1NC(=O)CSc1nnc(N2CCCCC2)n1-c1ccccc1. The molecule has 3 aromatic rings. The fraction of sp³-hybridized carbons (Fsp3) is 0.318. The van der Waals surface area contributed by atoms with Crippen LogP contribution < -0.4 is 10.2 Å². The van der Waals surface area contributed by atoms with E-state index in [2.05, 4.69) is 20.4 Å². The normalized spacial score (nSPS) is 14.0. The number of carbonyl (C=O) groups excluding carboxylic acids is 1. The number of halogens is 1. The Morgan fingerprint density at radius 2 is 1.83 bits per heavy atom. The van der Waals surface area contributed by atoms with E-state index in [1.807, 2.05) is 60.0 Å². The zero-order valence-corrected chi connectivity index (χ0v) is 18.4. The van der Waals surface area contributed by atoms with Crippen LogP contribution in [0.5, 0.6) is 0 Å². The van der Waals surface area contributed by atoms with Crippen molar-refractivity contribution in [2.45, 2.75) is 31.3 Å². The first-order valence-electron chi connectivity index (χ1n) is 10.1. The summed E-state index contributed by atoms with van der Waals surface area (Å²) in [5.74, 6) is 0.971. The van der Waals surface area contributed by atoms with Gasteiger partial charge in [-0.1, -0.05) is 47.6 Å². The van der Waals surface area contributed by atoms with Crippen molar-refractivity contribution >= 4 is 40.9 Å². The highest BCUT2D eigenvalue weighted by molar-refractivity contribution is 7.99. The van der Waals surface area contributed by atoms with Crippen molar-refractivity contribution in [3.8, 4) is 5.69 Å². The zero-order chi connectivity index (χ0) is 20.9. The second-order valence-electron chi connectivity index (χ2n) is 7.25. The lowest BCUT2D eigenvalue weighted by Gasteiger charge is -2.27. The quantitative estimate of drug-likeness (QED) is 0.548. The predicted octanol–water partition coefficient (Wildman–Crippen LogP) is 4.95. The summed E-state index contributed by atoms with van der Waals surface area (Å²) in [7, 11) is 0. The summed E-state index contributed by atoms with van der Waals surface area (Å²) in [6.07, 6.45) is 3.57. The summed E-state index contributed by atoms with van der Waals surface area (Å²) in [4.78, 5) is 14.8. The lowest BCUT2D eigenvalue weighted by atomic mass is 10.1. The molecule has 1 aliphatic heterocycles. The molecular formula is C22H24ClN5OS. The van der Waals surface area contributed by atoms with Crippen molar-refractivity contribution in [1.82, 2.24) is 14.8 Å². The molecule has 30 heavy (non-hydrogen) atoms. The lowest BCUT2D eigenvalue weighted by Crippen LogP contribution is -2.31. The van der Waals surface area contributed by atoms with E-state index in [9.17, 15) is 4.79 Å². The molecule has 2 aromatic carbocycles. The Balaban J connectivity index is 1.53. The van der Waals surface area contributed by atoms with Gasteiger partial charge in [-0.05, 0) is 56.0 Å². The average molecular weight is 442 g/mol. The van der Waals surface area contributed by atoms with Gasteiger partial charge in [0, 0.05) is 23.8 Å². The van der Waals surface area contributed by atoms with Gasteiger partial charge in [-0.15, -0.1) is 10.2 Å². The topological polar surface area (TPSA) is 63.1 Å². The zero-order valence-electron chi connectivity index (χ0n) is 16.8. The van der Waals surface area contributed by atoms with E-state index in [-0.39, 0.29) is 11.7 Å². The van der Waals surface area contributed by atoms with Gasteiger partial charge in [0.25, 0.3) is 0 Å². The van der Waals surface area contributed by atoms with Gasteiger partial charge in [0.2, 0.25) is 11.9 Å². The van der Waals surface area contributed by atoms with Crippen molar-refractivity contribution in [2.75, 3.05) is 29.1 Å². The standard InChI is InChI=1S/C22H24ClN5OS/c1-16-18(23)11-8-12-19(16)24-20(29)15-30-22-26-25-21(27-13-6-3-7-14-27)28(22)17-9-4-2-5-10-17/h2,4-5,8-12H,3,6-7,13-15H2,1H3,(H,24,29). The predicted molar refractivity (Wildman–Crippen MR) is 123 cm³/mol. The molecule has 0 bridgehead atoms. The van der Waals surface area contributed by atoms with Gasteiger partial charge in [-0.3, -0.25) is 9.36 Å². The van der Waals surface area contributed by atoms with Crippen molar-refractivity contribution < 1.29 is 4.79 Å². The summed E-state index contributed by atoms with van der Waals surface area (Å²) in [5, 5.41) is 13.2. The van der Waals surface area contributed by atoms with Gasteiger partial charge in [-0.2, -0.15) is 0 Å². The van der Waals surface area contributed by atoms with Gasteiger partial charge >= 0.3 is 0 Å². The van der Waals surface area contributed by atoms with Crippen LogP contribution in [0.2, 0.25) is 5.02 Å². The minimum Gasteiger partial charge on any atom is -0.341 e. The first-order valence-corrected chi connectivity index (χ1v) is 11.4. The number of hydrogen-bond acceptors (Lipinski definition) is 5. The number of hydrogen-bond donors (Lipinski definition) is 1. The molecule has 1 aromatic heterocycles. The Kier molecular flexibility index (Phi) is 6.59. The van der Waals surface area contributed by atoms with Crippen LogP contribution in [0.1, 0.15) is 24.8 Å². The first-order chi connectivity index (χ1) is 14.6.